The van der Waals surface area contributed by atoms with E-state index < -0.39 is 30.4 Å². The first-order valence-corrected chi connectivity index (χ1v) is 5.67. The monoisotopic (exact) mass is 260 g/mol. The van der Waals surface area contributed by atoms with Gasteiger partial charge < -0.3 is 23.7 Å². The van der Waals surface area contributed by atoms with E-state index in [9.17, 15) is 9.59 Å². The van der Waals surface area contributed by atoms with E-state index in [2.05, 4.69) is 0 Å². The smallest absolute Gasteiger partial charge is 0.303 e. The normalized spacial score (nSPS) is 37.6. The minimum Gasteiger partial charge on any atom is -0.463 e. The van der Waals surface area contributed by atoms with E-state index in [0.717, 1.165) is 0 Å². The van der Waals surface area contributed by atoms with Gasteiger partial charge in [-0.25, -0.2) is 0 Å². The van der Waals surface area contributed by atoms with Gasteiger partial charge in [-0.05, 0) is 0 Å². The number of rotatable bonds is 4. The van der Waals surface area contributed by atoms with E-state index in [4.69, 9.17) is 23.7 Å². The SMILES string of the molecule is CO[C@@H]1O[C@H](COC(C)=O)[C@H](OC(C)=O)[C@@H]2O[C@H]12. The Labute approximate surface area is 104 Å². The molecule has 0 aromatic heterocycles. The Morgan fingerprint density at radius 2 is 1.83 bits per heavy atom. The van der Waals surface area contributed by atoms with Crippen LogP contribution in [0.15, 0.2) is 0 Å². The summed E-state index contributed by atoms with van der Waals surface area (Å²) in [6.07, 6.45) is -2.16. The highest BCUT2D eigenvalue weighted by molar-refractivity contribution is 5.66. The van der Waals surface area contributed by atoms with Crippen LogP contribution in [-0.4, -0.2) is 56.4 Å². The minimum atomic E-state index is -0.577. The van der Waals surface area contributed by atoms with Gasteiger partial charge in [0.05, 0.1) is 0 Å². The van der Waals surface area contributed by atoms with Gasteiger partial charge in [-0.3, -0.25) is 9.59 Å². The fourth-order valence-electron chi connectivity index (χ4n) is 2.02. The summed E-state index contributed by atoms with van der Waals surface area (Å²) in [7, 11) is 1.50. The average Bonchev–Trinajstić information content (AvgIpc) is 3.07. The lowest BCUT2D eigenvalue weighted by molar-refractivity contribution is -0.219. The van der Waals surface area contributed by atoms with Crippen LogP contribution in [0.2, 0.25) is 0 Å². The zero-order chi connectivity index (χ0) is 13.3. The molecule has 2 heterocycles. The van der Waals surface area contributed by atoms with E-state index in [0.29, 0.717) is 0 Å². The molecule has 2 aliphatic rings. The second-order valence-electron chi connectivity index (χ2n) is 4.22. The Bertz CT molecular complexity index is 342. The molecule has 2 aliphatic heterocycles. The number of hydrogen-bond donors (Lipinski definition) is 0. The standard InChI is InChI=1S/C11H16O7/c1-5(12)15-4-7-8(16-6(2)13)9-10(18-9)11(14-3)17-7/h7-11H,4H2,1-3H3/t7-,8+,9+,10+,11-/m1/s1. The Morgan fingerprint density at radius 3 is 2.39 bits per heavy atom. The highest BCUT2D eigenvalue weighted by atomic mass is 16.8. The van der Waals surface area contributed by atoms with E-state index in [1.54, 1.807) is 0 Å². The molecule has 0 aromatic carbocycles. The molecule has 0 amide bonds. The molecule has 7 nitrogen and oxygen atoms in total. The van der Waals surface area contributed by atoms with Crippen LogP contribution in [0.1, 0.15) is 13.8 Å². The highest BCUT2D eigenvalue weighted by Gasteiger charge is 2.60. The minimum absolute atomic E-state index is 0.000278. The van der Waals surface area contributed by atoms with Gasteiger partial charge in [0.1, 0.15) is 24.9 Å². The summed E-state index contributed by atoms with van der Waals surface area (Å²) >= 11 is 0. The van der Waals surface area contributed by atoms with Gasteiger partial charge in [-0.1, -0.05) is 0 Å². The number of carbonyl (C=O) groups excluding carboxylic acids is 2. The summed E-state index contributed by atoms with van der Waals surface area (Å²) in [6.45, 7) is 2.61. The molecule has 0 aliphatic carbocycles. The highest BCUT2D eigenvalue weighted by Crippen LogP contribution is 2.39. The fourth-order valence-corrected chi connectivity index (χ4v) is 2.02. The summed E-state index contributed by atoms with van der Waals surface area (Å²) in [5, 5.41) is 0. The molecule has 18 heavy (non-hydrogen) atoms. The first kappa shape index (κ1) is 13.3. The molecule has 0 N–H and O–H groups in total. The molecule has 0 radical (unpaired) electrons. The van der Waals surface area contributed by atoms with Crippen LogP contribution in [0.5, 0.6) is 0 Å². The lowest BCUT2D eigenvalue weighted by Gasteiger charge is -2.31. The van der Waals surface area contributed by atoms with Crippen molar-refractivity contribution in [3.8, 4) is 0 Å². The van der Waals surface area contributed by atoms with E-state index in [1.807, 2.05) is 0 Å². The molecule has 5 atom stereocenters. The Hall–Kier alpha value is -1.18. The number of methoxy groups -OCH3 is 1. The Morgan fingerprint density at radius 1 is 1.11 bits per heavy atom. The van der Waals surface area contributed by atoms with Crippen LogP contribution >= 0.6 is 0 Å². The van der Waals surface area contributed by atoms with Crippen LogP contribution < -0.4 is 0 Å². The van der Waals surface area contributed by atoms with E-state index >= 15 is 0 Å². The Balaban J connectivity index is 2.00. The molecule has 7 heteroatoms. The number of fused-ring (bicyclic) bond motifs is 1. The molecule has 0 spiro atoms. The number of epoxide rings is 1. The molecule has 0 bridgehead atoms. The van der Waals surface area contributed by atoms with Crippen LogP contribution in [0.4, 0.5) is 0 Å². The predicted molar refractivity (Wildman–Crippen MR) is 56.5 cm³/mol. The second-order valence-corrected chi connectivity index (χ2v) is 4.22. The zero-order valence-corrected chi connectivity index (χ0v) is 10.5. The number of ether oxygens (including phenoxy) is 5. The quantitative estimate of drug-likeness (QED) is 0.503. The van der Waals surface area contributed by atoms with Crippen molar-refractivity contribution in [2.45, 2.75) is 44.6 Å². The van der Waals surface area contributed by atoms with Crippen molar-refractivity contribution in [2.75, 3.05) is 13.7 Å². The van der Waals surface area contributed by atoms with Gasteiger partial charge >= 0.3 is 11.9 Å². The topological polar surface area (TPSA) is 83.6 Å². The van der Waals surface area contributed by atoms with Crippen molar-refractivity contribution >= 4 is 11.9 Å². The maximum absolute atomic E-state index is 11.0. The first-order valence-electron chi connectivity index (χ1n) is 5.67. The van der Waals surface area contributed by atoms with Gasteiger partial charge in [0.2, 0.25) is 0 Å². The summed E-state index contributed by atoms with van der Waals surface area (Å²) in [4.78, 5) is 21.8. The average molecular weight is 260 g/mol. The van der Waals surface area contributed by atoms with Crippen molar-refractivity contribution in [3.05, 3.63) is 0 Å². The number of carbonyl (C=O) groups is 2. The van der Waals surface area contributed by atoms with Crippen molar-refractivity contribution in [1.29, 1.82) is 0 Å². The lowest BCUT2D eigenvalue weighted by Crippen LogP contribution is -2.49. The van der Waals surface area contributed by atoms with Gasteiger partial charge in [-0.15, -0.1) is 0 Å². The maximum Gasteiger partial charge on any atom is 0.303 e. The van der Waals surface area contributed by atoms with Crippen LogP contribution in [-0.2, 0) is 33.3 Å². The van der Waals surface area contributed by atoms with Gasteiger partial charge in [0, 0.05) is 21.0 Å². The summed E-state index contributed by atoms with van der Waals surface area (Å²) in [5.41, 5.74) is 0. The Kier molecular flexibility index (Phi) is 3.84. The lowest BCUT2D eigenvalue weighted by atomic mass is 10.0. The molecule has 2 rings (SSSR count). The molecule has 102 valence electrons. The molecular weight excluding hydrogens is 244 g/mol. The molecular formula is C11H16O7. The molecule has 2 fully saturated rings. The largest absolute Gasteiger partial charge is 0.463 e. The van der Waals surface area contributed by atoms with E-state index in [-0.39, 0.29) is 18.8 Å². The number of hydrogen-bond acceptors (Lipinski definition) is 7. The second kappa shape index (κ2) is 5.21. The summed E-state index contributed by atoms with van der Waals surface area (Å²) in [6, 6.07) is 0. The van der Waals surface area contributed by atoms with Gasteiger partial charge in [0.25, 0.3) is 0 Å². The zero-order valence-electron chi connectivity index (χ0n) is 10.5. The molecule has 2 saturated heterocycles. The van der Waals surface area contributed by atoms with Crippen LogP contribution in [0.3, 0.4) is 0 Å². The third kappa shape index (κ3) is 2.80. The van der Waals surface area contributed by atoms with E-state index in [1.165, 1.54) is 21.0 Å². The molecule has 0 unspecified atom stereocenters. The summed E-state index contributed by atoms with van der Waals surface area (Å²) < 4.78 is 26.1. The van der Waals surface area contributed by atoms with Crippen molar-refractivity contribution in [3.63, 3.8) is 0 Å². The van der Waals surface area contributed by atoms with Crippen LogP contribution in [0.25, 0.3) is 0 Å². The van der Waals surface area contributed by atoms with Crippen molar-refractivity contribution < 1.29 is 33.3 Å². The van der Waals surface area contributed by atoms with Crippen molar-refractivity contribution in [2.24, 2.45) is 0 Å². The van der Waals surface area contributed by atoms with Crippen LogP contribution in [0, 0.1) is 0 Å². The fraction of sp³-hybridized carbons (Fsp3) is 0.818. The summed E-state index contributed by atoms with van der Waals surface area (Å²) in [5.74, 6) is -0.852. The maximum atomic E-state index is 11.0. The third-order valence-electron chi connectivity index (χ3n) is 2.81. The number of esters is 2. The van der Waals surface area contributed by atoms with Gasteiger partial charge in [0.15, 0.2) is 12.4 Å². The third-order valence-corrected chi connectivity index (χ3v) is 2.81. The first-order chi connectivity index (χ1) is 8.52. The van der Waals surface area contributed by atoms with Crippen molar-refractivity contribution in [1.82, 2.24) is 0 Å². The predicted octanol–water partition coefficient (Wildman–Crippen LogP) is -0.380. The molecule has 0 saturated carbocycles. The van der Waals surface area contributed by atoms with Gasteiger partial charge in [-0.2, -0.15) is 0 Å². The molecule has 0 aromatic rings.